The Morgan fingerprint density at radius 1 is 1.50 bits per heavy atom. The van der Waals surface area contributed by atoms with Crippen LogP contribution in [0.3, 0.4) is 0 Å². The van der Waals surface area contributed by atoms with Crippen molar-refractivity contribution in [2.75, 3.05) is 0 Å². The lowest BCUT2D eigenvalue weighted by Crippen LogP contribution is -2.25. The number of rotatable bonds is 3. The summed E-state index contributed by atoms with van der Waals surface area (Å²) in [5.41, 5.74) is 2.44. The maximum atomic E-state index is 11.0. The molecule has 1 aromatic carbocycles. The van der Waals surface area contributed by atoms with Gasteiger partial charge in [0.15, 0.2) is 0 Å². The third-order valence-electron chi connectivity index (χ3n) is 2.35. The lowest BCUT2D eigenvalue weighted by Gasteiger charge is -2.18. The molecule has 0 saturated heterocycles. The highest BCUT2D eigenvalue weighted by atomic mass is 16.1. The van der Waals surface area contributed by atoms with Crippen LogP contribution in [0.2, 0.25) is 0 Å². The van der Waals surface area contributed by atoms with Gasteiger partial charge in [0.1, 0.15) is 0 Å². The van der Waals surface area contributed by atoms with Gasteiger partial charge in [0.25, 0.3) is 0 Å². The van der Waals surface area contributed by atoms with Crippen LogP contribution >= 0.6 is 0 Å². The topological polar surface area (TPSA) is 29.1 Å². The molecule has 1 amide bonds. The molecule has 0 aliphatic carbocycles. The second-order valence-corrected chi connectivity index (χ2v) is 3.52. The first-order chi connectivity index (χ1) is 6.65. The zero-order valence-corrected chi connectivity index (χ0v) is 9.00. The van der Waals surface area contributed by atoms with E-state index in [2.05, 4.69) is 31.3 Å². The van der Waals surface area contributed by atoms with Gasteiger partial charge in [0.2, 0.25) is 5.91 Å². The van der Waals surface area contributed by atoms with E-state index in [0.29, 0.717) is 0 Å². The molecule has 0 aliphatic rings. The fourth-order valence-electron chi connectivity index (χ4n) is 1.62. The number of hydrogen-bond donors (Lipinski definition) is 1. The van der Waals surface area contributed by atoms with Crippen molar-refractivity contribution < 1.29 is 6.22 Å². The Bertz CT molecular complexity index is 325. The minimum atomic E-state index is 0. The summed E-state index contributed by atoms with van der Waals surface area (Å²) >= 11 is 0. The molecule has 0 radical (unpaired) electrons. The summed E-state index contributed by atoms with van der Waals surface area (Å²) in [4.78, 5) is 11.0. The summed E-state index contributed by atoms with van der Waals surface area (Å²) in [6.07, 6.45) is 0.921. The highest BCUT2D eigenvalue weighted by Crippen LogP contribution is 2.19. The first-order valence-electron chi connectivity index (χ1n) is 4.97. The zero-order valence-electron chi connectivity index (χ0n) is 9.00. The van der Waals surface area contributed by atoms with Crippen molar-refractivity contribution in [3.63, 3.8) is 0 Å². The Hall–Kier alpha value is -1.31. The largest absolute Gasteiger partial charge is 0.350 e. The van der Waals surface area contributed by atoms with Crippen molar-refractivity contribution >= 4 is 5.91 Å². The smallest absolute Gasteiger partial charge is 0.217 e. The van der Waals surface area contributed by atoms with E-state index in [4.69, 9.17) is 0 Å². The molecule has 0 saturated carbocycles. The first-order valence-corrected chi connectivity index (χ1v) is 4.97. The van der Waals surface area contributed by atoms with Gasteiger partial charge in [-0.15, -0.1) is 0 Å². The summed E-state index contributed by atoms with van der Waals surface area (Å²) in [6.45, 7) is 5.70. The molecule has 78 valence electrons. The van der Waals surface area contributed by atoms with E-state index in [1.165, 1.54) is 11.1 Å². The van der Waals surface area contributed by atoms with E-state index in [1.54, 1.807) is 6.92 Å². The van der Waals surface area contributed by atoms with Crippen molar-refractivity contribution in [2.45, 2.75) is 33.2 Å². The third kappa shape index (κ3) is 2.59. The van der Waals surface area contributed by atoms with Gasteiger partial charge in [-0.1, -0.05) is 31.2 Å². The van der Waals surface area contributed by atoms with Crippen LogP contribution in [0, 0.1) is 6.92 Å². The van der Waals surface area contributed by atoms with E-state index in [-0.39, 0.29) is 13.4 Å². The number of carbonyl (C=O) groups excluding carboxylic acids is 1. The Morgan fingerprint density at radius 3 is 2.64 bits per heavy atom. The van der Waals surface area contributed by atoms with Crippen molar-refractivity contribution in [3.8, 4) is 0 Å². The Kier molecular flexibility index (Phi) is 3.69. The molecule has 1 N–H and O–H groups in total. The minimum absolute atomic E-state index is 0. The molecular formula is C12H19NO. The molecule has 0 bridgehead atoms. The van der Waals surface area contributed by atoms with Crippen molar-refractivity contribution in [2.24, 2.45) is 0 Å². The summed E-state index contributed by atoms with van der Waals surface area (Å²) in [5, 5.41) is 2.95. The second kappa shape index (κ2) is 4.80. The summed E-state index contributed by atoms with van der Waals surface area (Å²) in [7, 11) is 0. The van der Waals surface area contributed by atoms with E-state index in [9.17, 15) is 4.79 Å². The average molecular weight is 193 g/mol. The van der Waals surface area contributed by atoms with Crippen LogP contribution in [-0.4, -0.2) is 5.91 Å². The lowest BCUT2D eigenvalue weighted by molar-refractivity contribution is -0.119. The molecule has 0 aliphatic heterocycles. The molecular weight excluding hydrogens is 174 g/mol. The first kappa shape index (κ1) is 10.8. The van der Waals surface area contributed by atoms with Crippen LogP contribution < -0.4 is 5.32 Å². The van der Waals surface area contributed by atoms with Gasteiger partial charge in [-0.05, 0) is 24.5 Å². The van der Waals surface area contributed by atoms with E-state index in [1.807, 2.05) is 12.1 Å². The van der Waals surface area contributed by atoms with Crippen LogP contribution in [0.5, 0.6) is 0 Å². The summed E-state index contributed by atoms with van der Waals surface area (Å²) in [6, 6.07) is 8.31. The molecule has 0 aromatic heterocycles. The van der Waals surface area contributed by atoms with Gasteiger partial charge in [-0.3, -0.25) is 4.79 Å². The highest BCUT2D eigenvalue weighted by molar-refractivity contribution is 5.73. The van der Waals surface area contributed by atoms with E-state index in [0.717, 1.165) is 6.42 Å². The zero-order chi connectivity index (χ0) is 10.6. The Labute approximate surface area is 86.8 Å². The molecule has 0 fully saturated rings. The summed E-state index contributed by atoms with van der Waals surface area (Å²) in [5.74, 6) is 0.0279. The molecule has 1 aromatic rings. The third-order valence-corrected chi connectivity index (χ3v) is 2.35. The number of carbonyl (C=O) groups is 1. The normalized spacial score (nSPS) is 12.2. The maximum Gasteiger partial charge on any atom is 0.217 e. The van der Waals surface area contributed by atoms with Crippen LogP contribution in [0.15, 0.2) is 24.3 Å². The molecule has 2 heteroatoms. The van der Waals surface area contributed by atoms with Crippen LogP contribution in [0.1, 0.15) is 38.9 Å². The van der Waals surface area contributed by atoms with Crippen LogP contribution in [-0.2, 0) is 4.79 Å². The number of nitrogens with one attached hydrogen (secondary N) is 1. The molecule has 1 atom stereocenters. The van der Waals surface area contributed by atoms with Crippen LogP contribution in [0.4, 0.5) is 0 Å². The van der Waals surface area contributed by atoms with Gasteiger partial charge in [-0.25, -0.2) is 0 Å². The molecule has 1 rings (SSSR count). The highest BCUT2D eigenvalue weighted by Gasteiger charge is 2.11. The quantitative estimate of drug-likeness (QED) is 0.785. The van der Waals surface area contributed by atoms with Gasteiger partial charge in [0.05, 0.1) is 6.04 Å². The molecule has 1 unspecified atom stereocenters. The number of aryl methyl sites for hydroxylation is 1. The van der Waals surface area contributed by atoms with E-state index >= 15 is 0 Å². The van der Waals surface area contributed by atoms with Gasteiger partial charge in [0, 0.05) is 8.35 Å². The van der Waals surface area contributed by atoms with Gasteiger partial charge >= 0.3 is 0 Å². The van der Waals surface area contributed by atoms with Crippen LogP contribution in [0.25, 0.3) is 0 Å². The lowest BCUT2D eigenvalue weighted by atomic mass is 9.99. The standard InChI is InChI=1S/C12H17NO.H2/c1-4-12(13-10(3)14)11-8-6-5-7-9(11)2;/h5-8,12H,4H2,1-3H3,(H,13,14);1H. The van der Waals surface area contributed by atoms with Gasteiger partial charge in [-0.2, -0.15) is 0 Å². The molecule has 2 nitrogen and oxygen atoms in total. The second-order valence-electron chi connectivity index (χ2n) is 3.52. The molecule has 0 spiro atoms. The van der Waals surface area contributed by atoms with Crippen molar-refractivity contribution in [3.05, 3.63) is 35.4 Å². The van der Waals surface area contributed by atoms with Gasteiger partial charge < -0.3 is 5.32 Å². The monoisotopic (exact) mass is 193 g/mol. The average Bonchev–Trinajstić information content (AvgIpc) is 2.15. The number of hydrogen-bond acceptors (Lipinski definition) is 1. The minimum Gasteiger partial charge on any atom is -0.350 e. The van der Waals surface area contributed by atoms with Crippen molar-refractivity contribution in [1.82, 2.24) is 5.32 Å². The van der Waals surface area contributed by atoms with E-state index < -0.39 is 0 Å². The van der Waals surface area contributed by atoms with Crippen molar-refractivity contribution in [1.29, 1.82) is 0 Å². The molecule has 0 heterocycles. The molecule has 14 heavy (non-hydrogen) atoms. The Balaban J connectivity index is 0.00000196. The number of amides is 1. The SMILES string of the molecule is CCC(NC(C)=O)c1ccccc1C.[HH]. The predicted molar refractivity (Wildman–Crippen MR) is 60.1 cm³/mol. The Morgan fingerprint density at radius 2 is 2.14 bits per heavy atom. The summed E-state index contributed by atoms with van der Waals surface area (Å²) < 4.78 is 0. The fraction of sp³-hybridized carbons (Fsp3) is 0.417. The number of benzene rings is 1. The maximum absolute atomic E-state index is 11.0. The fourth-order valence-corrected chi connectivity index (χ4v) is 1.62. The predicted octanol–water partition coefficient (Wildman–Crippen LogP) is 2.83.